The smallest absolute Gasteiger partial charge is 0.244 e. The molecule has 0 spiro atoms. The normalized spacial score (nSPS) is 21.2. The lowest BCUT2D eigenvalue weighted by Crippen LogP contribution is -2.34. The van der Waals surface area contributed by atoms with Crippen LogP contribution in [0.25, 0.3) is 0 Å². The minimum atomic E-state index is -2.95. The lowest BCUT2D eigenvalue weighted by molar-refractivity contribution is -0.117. The van der Waals surface area contributed by atoms with Crippen molar-refractivity contribution >= 4 is 15.7 Å². The van der Waals surface area contributed by atoms with Gasteiger partial charge in [-0.25, -0.2) is 8.42 Å². The number of carbonyl (C=O) groups is 1. The Morgan fingerprint density at radius 3 is 2.67 bits per heavy atom. The number of nitrogens with one attached hydrogen (secondary N) is 1. The van der Waals surface area contributed by atoms with Crippen LogP contribution < -0.4 is 5.32 Å². The predicted molar refractivity (Wildman–Crippen MR) is 83.7 cm³/mol. The first-order valence-corrected chi connectivity index (χ1v) is 8.99. The number of rotatable bonds is 5. The summed E-state index contributed by atoms with van der Waals surface area (Å²) < 4.78 is 22.7. The zero-order valence-corrected chi connectivity index (χ0v) is 13.0. The number of benzene rings is 1. The number of sulfone groups is 1. The minimum Gasteiger partial charge on any atom is -0.349 e. The van der Waals surface area contributed by atoms with Gasteiger partial charge in [0.15, 0.2) is 9.84 Å². The fourth-order valence-corrected chi connectivity index (χ4v) is 4.11. The standard InChI is InChI=1S/C16H21NO3S/c1-13(7-8-14-5-3-2-4-6-14)11-16(18)17-15-9-10-21(19,20)12-15/h2-6,11,15H,7-10,12H2,1H3,(H,17,18)/b13-11-/t15-/m1/s1. The summed E-state index contributed by atoms with van der Waals surface area (Å²) in [6.45, 7) is 1.92. The second-order valence-corrected chi connectivity index (χ2v) is 7.81. The molecule has 0 aliphatic carbocycles. The first-order chi connectivity index (χ1) is 9.94. The van der Waals surface area contributed by atoms with Gasteiger partial charge in [0.05, 0.1) is 11.5 Å². The van der Waals surface area contributed by atoms with Crippen LogP contribution in [0.4, 0.5) is 0 Å². The zero-order valence-electron chi connectivity index (χ0n) is 12.2. The summed E-state index contributed by atoms with van der Waals surface area (Å²) in [5.74, 6) is 0.0484. The van der Waals surface area contributed by atoms with Gasteiger partial charge in [-0.15, -0.1) is 0 Å². The molecule has 1 fully saturated rings. The summed E-state index contributed by atoms with van der Waals surface area (Å²) in [5, 5.41) is 2.77. The van der Waals surface area contributed by atoms with Crippen LogP contribution in [0, 0.1) is 0 Å². The van der Waals surface area contributed by atoms with E-state index in [0.29, 0.717) is 6.42 Å². The highest BCUT2D eigenvalue weighted by atomic mass is 32.2. The van der Waals surface area contributed by atoms with Crippen molar-refractivity contribution in [2.45, 2.75) is 32.2 Å². The molecule has 1 aliphatic rings. The van der Waals surface area contributed by atoms with Gasteiger partial charge in [-0.3, -0.25) is 4.79 Å². The van der Waals surface area contributed by atoms with E-state index < -0.39 is 9.84 Å². The molecule has 114 valence electrons. The van der Waals surface area contributed by atoms with Gasteiger partial charge in [0.1, 0.15) is 0 Å². The molecule has 0 aromatic heterocycles. The number of hydrogen-bond acceptors (Lipinski definition) is 3. The van der Waals surface area contributed by atoms with E-state index >= 15 is 0 Å². The Balaban J connectivity index is 1.80. The molecular weight excluding hydrogens is 286 g/mol. The maximum Gasteiger partial charge on any atom is 0.244 e. The van der Waals surface area contributed by atoms with Gasteiger partial charge >= 0.3 is 0 Å². The molecule has 1 amide bonds. The third kappa shape index (κ3) is 5.34. The van der Waals surface area contributed by atoms with Crippen molar-refractivity contribution in [3.8, 4) is 0 Å². The van der Waals surface area contributed by atoms with E-state index in [-0.39, 0.29) is 23.5 Å². The monoisotopic (exact) mass is 307 g/mol. The molecule has 1 aromatic rings. The van der Waals surface area contributed by atoms with Crippen LogP contribution >= 0.6 is 0 Å². The quantitative estimate of drug-likeness (QED) is 0.845. The van der Waals surface area contributed by atoms with Gasteiger partial charge in [0.25, 0.3) is 0 Å². The van der Waals surface area contributed by atoms with Crippen molar-refractivity contribution in [1.82, 2.24) is 5.32 Å². The largest absolute Gasteiger partial charge is 0.349 e. The van der Waals surface area contributed by atoms with Crippen LogP contribution in [0.15, 0.2) is 42.0 Å². The van der Waals surface area contributed by atoms with Crippen LogP contribution in [0.3, 0.4) is 0 Å². The maximum absolute atomic E-state index is 11.8. The number of carbonyl (C=O) groups excluding carboxylic acids is 1. The Kier molecular flexibility index (Phi) is 5.17. The number of allylic oxidation sites excluding steroid dienone is 1. The molecule has 2 rings (SSSR count). The fraction of sp³-hybridized carbons (Fsp3) is 0.438. The van der Waals surface area contributed by atoms with E-state index in [1.54, 1.807) is 6.08 Å². The molecule has 4 nitrogen and oxygen atoms in total. The van der Waals surface area contributed by atoms with Crippen LogP contribution in [0.5, 0.6) is 0 Å². The van der Waals surface area contributed by atoms with Crippen molar-refractivity contribution in [2.24, 2.45) is 0 Å². The van der Waals surface area contributed by atoms with Crippen LogP contribution in [0.2, 0.25) is 0 Å². The summed E-state index contributed by atoms with van der Waals surface area (Å²) in [7, 11) is -2.95. The molecule has 5 heteroatoms. The van der Waals surface area contributed by atoms with Crippen LogP contribution in [-0.2, 0) is 21.1 Å². The van der Waals surface area contributed by atoms with Crippen molar-refractivity contribution in [3.05, 3.63) is 47.5 Å². The van der Waals surface area contributed by atoms with Gasteiger partial charge in [-0.2, -0.15) is 0 Å². The first kappa shape index (κ1) is 15.8. The van der Waals surface area contributed by atoms with E-state index in [9.17, 15) is 13.2 Å². The highest BCUT2D eigenvalue weighted by molar-refractivity contribution is 7.91. The molecule has 0 unspecified atom stereocenters. The Hall–Kier alpha value is -1.62. The lowest BCUT2D eigenvalue weighted by atomic mass is 10.1. The van der Waals surface area contributed by atoms with E-state index in [4.69, 9.17) is 0 Å². The minimum absolute atomic E-state index is 0.0651. The highest BCUT2D eigenvalue weighted by Crippen LogP contribution is 2.12. The van der Waals surface area contributed by atoms with Crippen molar-refractivity contribution in [3.63, 3.8) is 0 Å². The Morgan fingerprint density at radius 1 is 1.33 bits per heavy atom. The highest BCUT2D eigenvalue weighted by Gasteiger charge is 2.28. The average Bonchev–Trinajstić information content (AvgIpc) is 2.76. The third-order valence-corrected chi connectivity index (χ3v) is 5.38. The Labute approximate surface area is 126 Å². The van der Waals surface area contributed by atoms with E-state index in [1.165, 1.54) is 5.56 Å². The predicted octanol–water partition coefficient (Wildman–Crippen LogP) is 1.87. The van der Waals surface area contributed by atoms with E-state index in [1.807, 2.05) is 25.1 Å². The Bertz CT molecular complexity index is 620. The zero-order chi connectivity index (χ0) is 15.3. The Morgan fingerprint density at radius 2 is 2.05 bits per heavy atom. The lowest BCUT2D eigenvalue weighted by Gasteiger charge is -2.09. The number of amides is 1. The summed E-state index contributed by atoms with van der Waals surface area (Å²) in [5.41, 5.74) is 2.24. The SMILES string of the molecule is C/C(=C/C(=O)N[C@@H]1CCS(=O)(=O)C1)CCc1ccccc1. The summed E-state index contributed by atoms with van der Waals surface area (Å²) >= 11 is 0. The molecule has 1 aromatic carbocycles. The molecule has 0 radical (unpaired) electrons. The number of aryl methyl sites for hydroxylation is 1. The van der Waals surface area contributed by atoms with Crippen molar-refractivity contribution in [1.29, 1.82) is 0 Å². The first-order valence-electron chi connectivity index (χ1n) is 7.17. The summed E-state index contributed by atoms with van der Waals surface area (Å²) in [4.78, 5) is 11.8. The molecule has 21 heavy (non-hydrogen) atoms. The molecule has 1 aliphatic heterocycles. The van der Waals surface area contributed by atoms with Crippen LogP contribution in [-0.4, -0.2) is 31.9 Å². The molecule has 1 saturated heterocycles. The maximum atomic E-state index is 11.8. The molecule has 0 bridgehead atoms. The molecular formula is C16H21NO3S. The van der Waals surface area contributed by atoms with Gasteiger partial charge < -0.3 is 5.32 Å². The third-order valence-electron chi connectivity index (χ3n) is 3.61. The van der Waals surface area contributed by atoms with Gasteiger partial charge in [-0.1, -0.05) is 35.9 Å². The molecule has 1 heterocycles. The average molecular weight is 307 g/mol. The fourth-order valence-electron chi connectivity index (χ4n) is 2.43. The summed E-state index contributed by atoms with van der Waals surface area (Å²) in [6, 6.07) is 9.88. The van der Waals surface area contributed by atoms with Gasteiger partial charge in [-0.05, 0) is 31.7 Å². The summed E-state index contributed by atoms with van der Waals surface area (Å²) in [6.07, 6.45) is 3.81. The number of hydrogen-bond donors (Lipinski definition) is 1. The van der Waals surface area contributed by atoms with Crippen LogP contribution in [0.1, 0.15) is 25.3 Å². The topological polar surface area (TPSA) is 63.2 Å². The van der Waals surface area contributed by atoms with E-state index in [2.05, 4.69) is 17.4 Å². The van der Waals surface area contributed by atoms with Gasteiger partial charge in [0, 0.05) is 12.1 Å². The van der Waals surface area contributed by atoms with Crippen molar-refractivity contribution < 1.29 is 13.2 Å². The van der Waals surface area contributed by atoms with Crippen molar-refractivity contribution in [2.75, 3.05) is 11.5 Å². The second kappa shape index (κ2) is 6.89. The van der Waals surface area contributed by atoms with E-state index in [0.717, 1.165) is 18.4 Å². The molecule has 0 saturated carbocycles. The second-order valence-electron chi connectivity index (χ2n) is 5.58. The van der Waals surface area contributed by atoms with Gasteiger partial charge in [0.2, 0.25) is 5.91 Å². The molecule has 1 atom stereocenters. The molecule has 1 N–H and O–H groups in total.